The maximum Gasteiger partial charge on any atom is 0.234 e. The largest absolute Gasteiger partial charge is 0.496 e. The molecule has 5 nitrogen and oxygen atoms in total. The van der Waals surface area contributed by atoms with Crippen LogP contribution in [0.1, 0.15) is 39.8 Å². The van der Waals surface area contributed by atoms with Crippen LogP contribution in [0.4, 0.5) is 0 Å². The van der Waals surface area contributed by atoms with Crippen molar-refractivity contribution in [3.05, 3.63) is 66.6 Å². The molecule has 4 aromatic rings. The Morgan fingerprint density at radius 3 is 2.39 bits per heavy atom. The van der Waals surface area contributed by atoms with Gasteiger partial charge >= 0.3 is 0 Å². The smallest absolute Gasteiger partial charge is 0.234 e. The van der Waals surface area contributed by atoms with Gasteiger partial charge in [-0.05, 0) is 68.7 Å². The maximum atomic E-state index is 5.68. The first-order chi connectivity index (χ1) is 14.7. The van der Waals surface area contributed by atoms with Crippen LogP contribution in [-0.4, -0.2) is 32.6 Å². The predicted octanol–water partition coefficient (Wildman–Crippen LogP) is 5.49. The van der Waals surface area contributed by atoms with E-state index in [9.17, 15) is 0 Å². The summed E-state index contributed by atoms with van der Waals surface area (Å²) in [7, 11) is 1.70. The molecule has 31 heavy (non-hydrogen) atoms. The Balaban J connectivity index is 1.60. The fourth-order valence-electron chi connectivity index (χ4n) is 4.85. The molecule has 1 aliphatic heterocycles. The topological polar surface area (TPSA) is 51.5 Å². The number of imidazole rings is 1. The first-order valence-electron chi connectivity index (χ1n) is 10.7. The number of hydrogen-bond acceptors (Lipinski definition) is 4. The first kappa shape index (κ1) is 19.8. The molecule has 1 aliphatic rings. The lowest BCUT2D eigenvalue weighted by molar-refractivity contribution is 0.297. The van der Waals surface area contributed by atoms with Crippen LogP contribution in [0.3, 0.4) is 0 Å². The molecule has 0 radical (unpaired) electrons. The molecule has 0 atom stereocenters. The molecule has 2 aromatic carbocycles. The Kier molecular flexibility index (Phi) is 4.41. The third kappa shape index (κ3) is 3.70. The van der Waals surface area contributed by atoms with E-state index in [1.54, 1.807) is 7.11 Å². The van der Waals surface area contributed by atoms with Gasteiger partial charge in [-0.1, -0.05) is 30.3 Å². The number of nitrogens with zero attached hydrogens (tertiary/aromatic N) is 3. The predicted molar refractivity (Wildman–Crippen MR) is 126 cm³/mol. The maximum absolute atomic E-state index is 5.68. The van der Waals surface area contributed by atoms with Crippen LogP contribution in [0.5, 0.6) is 5.75 Å². The quantitative estimate of drug-likeness (QED) is 0.483. The molecule has 0 bridgehead atoms. The molecule has 5 heteroatoms. The molecule has 5 rings (SSSR count). The van der Waals surface area contributed by atoms with Crippen molar-refractivity contribution in [2.45, 2.75) is 45.2 Å². The van der Waals surface area contributed by atoms with Gasteiger partial charge in [-0.3, -0.25) is 4.40 Å². The number of fused-ring (bicyclic) bond motifs is 2. The average Bonchev–Trinajstić information content (AvgIpc) is 3.13. The zero-order chi connectivity index (χ0) is 21.8. The molecule has 0 spiro atoms. The van der Waals surface area contributed by atoms with Crippen LogP contribution >= 0.6 is 0 Å². The molecule has 3 heterocycles. The highest BCUT2D eigenvalue weighted by atomic mass is 16.5. The van der Waals surface area contributed by atoms with E-state index in [1.807, 2.05) is 28.9 Å². The molecule has 0 amide bonds. The number of aromatic nitrogens is 3. The van der Waals surface area contributed by atoms with Crippen molar-refractivity contribution in [3.63, 3.8) is 0 Å². The van der Waals surface area contributed by atoms with Gasteiger partial charge in [-0.2, -0.15) is 0 Å². The Labute approximate surface area is 182 Å². The zero-order valence-corrected chi connectivity index (χ0v) is 18.7. The van der Waals surface area contributed by atoms with Crippen molar-refractivity contribution < 1.29 is 4.74 Å². The van der Waals surface area contributed by atoms with E-state index in [0.717, 1.165) is 39.9 Å². The second-order valence-electron chi connectivity index (χ2n) is 9.62. The molecule has 0 saturated carbocycles. The van der Waals surface area contributed by atoms with Gasteiger partial charge in [0.25, 0.3) is 0 Å². The van der Waals surface area contributed by atoms with Gasteiger partial charge < -0.3 is 10.1 Å². The fourth-order valence-corrected chi connectivity index (χ4v) is 4.85. The van der Waals surface area contributed by atoms with Crippen LogP contribution in [0.15, 0.2) is 60.9 Å². The summed E-state index contributed by atoms with van der Waals surface area (Å²) in [6, 6.07) is 14.6. The first-order valence-corrected chi connectivity index (χ1v) is 10.7. The van der Waals surface area contributed by atoms with E-state index in [0.29, 0.717) is 5.78 Å². The van der Waals surface area contributed by atoms with E-state index in [1.165, 1.54) is 5.57 Å². The Bertz CT molecular complexity index is 1330. The number of hydrogen-bond donors (Lipinski definition) is 1. The SMILES string of the molecule is COc1cc2ccccc2cc1-c1cn2ccc(C3=CC(C)(C)NC(C)(C)C3)nc2n1. The van der Waals surface area contributed by atoms with Gasteiger partial charge in [0, 0.05) is 29.0 Å². The van der Waals surface area contributed by atoms with E-state index in [4.69, 9.17) is 14.7 Å². The summed E-state index contributed by atoms with van der Waals surface area (Å²) in [5.74, 6) is 1.50. The molecule has 0 aliphatic carbocycles. The fraction of sp³-hybridized carbons (Fsp3) is 0.308. The van der Waals surface area contributed by atoms with Crippen molar-refractivity contribution in [3.8, 4) is 17.0 Å². The van der Waals surface area contributed by atoms with Gasteiger partial charge in [0.2, 0.25) is 5.78 Å². The summed E-state index contributed by atoms with van der Waals surface area (Å²) in [6.07, 6.45) is 7.27. The van der Waals surface area contributed by atoms with Gasteiger partial charge in [0.05, 0.1) is 18.5 Å². The van der Waals surface area contributed by atoms with Crippen molar-refractivity contribution in [2.75, 3.05) is 7.11 Å². The number of ether oxygens (including phenoxy) is 1. The van der Waals surface area contributed by atoms with E-state index < -0.39 is 0 Å². The van der Waals surface area contributed by atoms with Crippen molar-refractivity contribution in [1.82, 2.24) is 19.7 Å². The minimum atomic E-state index is -0.0794. The average molecular weight is 413 g/mol. The molecule has 0 unspecified atom stereocenters. The minimum absolute atomic E-state index is 0.0143. The normalized spacial score (nSPS) is 17.6. The Morgan fingerprint density at radius 2 is 1.68 bits per heavy atom. The number of methoxy groups -OCH3 is 1. The van der Waals surface area contributed by atoms with E-state index >= 15 is 0 Å². The summed E-state index contributed by atoms with van der Waals surface area (Å²) >= 11 is 0. The number of benzene rings is 2. The molecule has 158 valence electrons. The van der Waals surface area contributed by atoms with Gasteiger partial charge in [0.1, 0.15) is 5.75 Å². The van der Waals surface area contributed by atoms with Crippen LogP contribution in [0, 0.1) is 0 Å². The molecular formula is C26H28N4O. The number of rotatable bonds is 3. The molecule has 1 N–H and O–H groups in total. The van der Waals surface area contributed by atoms with E-state index in [-0.39, 0.29) is 11.1 Å². The van der Waals surface area contributed by atoms with E-state index in [2.05, 4.69) is 69.4 Å². The Morgan fingerprint density at radius 1 is 0.968 bits per heavy atom. The third-order valence-electron chi connectivity index (χ3n) is 5.83. The van der Waals surface area contributed by atoms with Crippen LogP contribution in [0.2, 0.25) is 0 Å². The lowest BCUT2D eigenvalue weighted by Crippen LogP contribution is -2.53. The lowest BCUT2D eigenvalue weighted by Gasteiger charge is -2.41. The summed E-state index contributed by atoms with van der Waals surface area (Å²) in [5, 5.41) is 5.99. The third-order valence-corrected chi connectivity index (χ3v) is 5.83. The highest BCUT2D eigenvalue weighted by molar-refractivity contribution is 5.90. The van der Waals surface area contributed by atoms with Crippen LogP contribution < -0.4 is 10.1 Å². The van der Waals surface area contributed by atoms with Crippen molar-refractivity contribution in [2.24, 2.45) is 0 Å². The highest BCUT2D eigenvalue weighted by Crippen LogP contribution is 2.35. The lowest BCUT2D eigenvalue weighted by atomic mass is 9.82. The van der Waals surface area contributed by atoms with Gasteiger partial charge in [-0.25, -0.2) is 9.97 Å². The minimum Gasteiger partial charge on any atom is -0.496 e. The standard InChI is InChI=1S/C26H28N4O/c1-25(2)14-19(15-26(3,4)29-25)21-10-11-30-16-22(28-24(30)27-21)20-12-17-8-6-7-9-18(17)13-23(20)31-5/h6-14,16,29H,15H2,1-5H3. The van der Waals surface area contributed by atoms with Crippen LogP contribution in [-0.2, 0) is 0 Å². The molecule has 0 fully saturated rings. The zero-order valence-electron chi connectivity index (χ0n) is 18.7. The summed E-state index contributed by atoms with van der Waals surface area (Å²) in [4.78, 5) is 9.76. The van der Waals surface area contributed by atoms with Crippen molar-refractivity contribution >= 4 is 22.1 Å². The van der Waals surface area contributed by atoms with Crippen molar-refractivity contribution in [1.29, 1.82) is 0 Å². The molecule has 2 aromatic heterocycles. The highest BCUT2D eigenvalue weighted by Gasteiger charge is 2.33. The summed E-state index contributed by atoms with van der Waals surface area (Å²) in [6.45, 7) is 8.87. The summed E-state index contributed by atoms with van der Waals surface area (Å²) < 4.78 is 7.66. The monoisotopic (exact) mass is 412 g/mol. The Hall–Kier alpha value is -3.18. The van der Waals surface area contributed by atoms with Crippen LogP contribution in [0.25, 0.3) is 33.4 Å². The second-order valence-corrected chi connectivity index (χ2v) is 9.62. The number of nitrogens with one attached hydrogen (secondary N) is 1. The van der Waals surface area contributed by atoms with Gasteiger partial charge in [0.15, 0.2) is 0 Å². The molecular weight excluding hydrogens is 384 g/mol. The molecule has 0 saturated heterocycles. The van der Waals surface area contributed by atoms with Gasteiger partial charge in [-0.15, -0.1) is 0 Å². The second kappa shape index (κ2) is 6.92. The summed E-state index contributed by atoms with van der Waals surface area (Å²) in [5.41, 5.74) is 4.00.